The van der Waals surface area contributed by atoms with E-state index in [1.165, 1.54) is 6.07 Å². The molecule has 0 aliphatic heterocycles. The predicted molar refractivity (Wildman–Crippen MR) is 54.8 cm³/mol. The summed E-state index contributed by atoms with van der Waals surface area (Å²) >= 11 is 3.15. The Bertz CT molecular complexity index is 238. The van der Waals surface area contributed by atoms with Gasteiger partial charge in [-0.1, -0.05) is 35.8 Å². The summed E-state index contributed by atoms with van der Waals surface area (Å²) in [6.07, 6.45) is 0. The molecule has 0 unspecified atom stereocenters. The van der Waals surface area contributed by atoms with Crippen LogP contribution in [0.4, 0.5) is 10.1 Å². The third kappa shape index (κ3) is 3.22. The van der Waals surface area contributed by atoms with Crippen LogP contribution < -0.4 is 5.73 Å². The lowest BCUT2D eigenvalue weighted by Gasteiger charge is -1.97. The SMILES string of the molecule is CC.Nc1ccc(CBr)c(F)c1. The van der Waals surface area contributed by atoms with E-state index in [1.54, 1.807) is 12.1 Å². The fourth-order valence-corrected chi connectivity index (χ4v) is 1.13. The first-order valence-corrected chi connectivity index (χ1v) is 4.96. The van der Waals surface area contributed by atoms with Gasteiger partial charge in [-0.25, -0.2) is 4.39 Å². The smallest absolute Gasteiger partial charge is 0.129 e. The molecule has 1 aromatic rings. The van der Waals surface area contributed by atoms with Gasteiger partial charge in [0.15, 0.2) is 0 Å². The average Bonchev–Trinajstić information content (AvgIpc) is 2.08. The largest absolute Gasteiger partial charge is 0.399 e. The number of rotatable bonds is 1. The Hall–Kier alpha value is -0.570. The van der Waals surface area contributed by atoms with Crippen molar-refractivity contribution in [3.05, 3.63) is 29.6 Å². The van der Waals surface area contributed by atoms with E-state index < -0.39 is 0 Å². The molecule has 0 fully saturated rings. The Balaban J connectivity index is 0.000000561. The van der Waals surface area contributed by atoms with E-state index in [-0.39, 0.29) is 5.82 Å². The number of halogens is 2. The maximum absolute atomic E-state index is 12.7. The number of nitrogen functional groups attached to an aromatic ring is 1. The van der Waals surface area contributed by atoms with E-state index in [9.17, 15) is 4.39 Å². The molecule has 0 atom stereocenters. The molecule has 0 aromatic heterocycles. The van der Waals surface area contributed by atoms with Crippen LogP contribution >= 0.6 is 15.9 Å². The fraction of sp³-hybridized carbons (Fsp3) is 0.333. The molecule has 0 amide bonds. The highest BCUT2D eigenvalue weighted by molar-refractivity contribution is 9.08. The van der Waals surface area contributed by atoms with E-state index in [2.05, 4.69) is 15.9 Å². The van der Waals surface area contributed by atoms with Crippen LogP contribution in [0.3, 0.4) is 0 Å². The minimum atomic E-state index is -0.253. The van der Waals surface area contributed by atoms with Crippen molar-refractivity contribution < 1.29 is 4.39 Å². The summed E-state index contributed by atoms with van der Waals surface area (Å²) < 4.78 is 12.7. The van der Waals surface area contributed by atoms with E-state index in [4.69, 9.17) is 5.73 Å². The maximum Gasteiger partial charge on any atom is 0.129 e. The zero-order chi connectivity index (χ0) is 9.56. The van der Waals surface area contributed by atoms with Gasteiger partial charge in [0.1, 0.15) is 5.82 Å². The Morgan fingerprint density at radius 2 is 2.00 bits per heavy atom. The second-order valence-electron chi connectivity index (χ2n) is 1.98. The van der Waals surface area contributed by atoms with Gasteiger partial charge in [0.2, 0.25) is 0 Å². The van der Waals surface area contributed by atoms with Crippen molar-refractivity contribution in [2.24, 2.45) is 0 Å². The molecule has 12 heavy (non-hydrogen) atoms. The minimum absolute atomic E-state index is 0.253. The molecule has 0 aliphatic rings. The molecule has 0 spiro atoms. The van der Waals surface area contributed by atoms with Crippen molar-refractivity contribution in [3.8, 4) is 0 Å². The number of hydrogen-bond donors (Lipinski definition) is 1. The van der Waals surface area contributed by atoms with Crippen LogP contribution in [0.25, 0.3) is 0 Å². The molecule has 1 aromatic carbocycles. The van der Waals surface area contributed by atoms with Gasteiger partial charge in [0, 0.05) is 11.0 Å². The van der Waals surface area contributed by atoms with Gasteiger partial charge in [-0.15, -0.1) is 0 Å². The van der Waals surface area contributed by atoms with Crippen LogP contribution in [0.2, 0.25) is 0 Å². The third-order valence-corrected chi connectivity index (χ3v) is 1.83. The summed E-state index contributed by atoms with van der Waals surface area (Å²) in [6.45, 7) is 4.00. The van der Waals surface area contributed by atoms with Crippen molar-refractivity contribution in [3.63, 3.8) is 0 Å². The zero-order valence-corrected chi connectivity index (χ0v) is 8.86. The third-order valence-electron chi connectivity index (χ3n) is 1.22. The van der Waals surface area contributed by atoms with Crippen LogP contribution in [0, 0.1) is 5.82 Å². The molecule has 1 rings (SSSR count). The van der Waals surface area contributed by atoms with E-state index in [0.717, 1.165) is 0 Å². The van der Waals surface area contributed by atoms with Gasteiger partial charge >= 0.3 is 0 Å². The van der Waals surface area contributed by atoms with Gasteiger partial charge in [-0.05, 0) is 17.7 Å². The molecular weight excluding hydrogens is 221 g/mol. The standard InChI is InChI=1S/C7H7BrFN.C2H6/c8-4-5-1-2-6(10)3-7(5)9;1-2/h1-3H,4,10H2;1-2H3. The predicted octanol–water partition coefficient (Wildman–Crippen LogP) is 3.33. The van der Waals surface area contributed by atoms with Crippen LogP contribution in [0.1, 0.15) is 19.4 Å². The Morgan fingerprint density at radius 3 is 2.42 bits per heavy atom. The Kier molecular flexibility index (Phi) is 5.72. The number of anilines is 1. The topological polar surface area (TPSA) is 26.0 Å². The van der Waals surface area contributed by atoms with Crippen LogP contribution in [0.5, 0.6) is 0 Å². The monoisotopic (exact) mass is 233 g/mol. The highest BCUT2D eigenvalue weighted by Gasteiger charge is 1.98. The van der Waals surface area contributed by atoms with Gasteiger partial charge in [-0.2, -0.15) is 0 Å². The Labute approximate surface area is 80.9 Å². The van der Waals surface area contributed by atoms with Crippen LogP contribution in [0.15, 0.2) is 18.2 Å². The van der Waals surface area contributed by atoms with Crippen molar-refractivity contribution in [2.75, 3.05) is 5.73 Å². The summed E-state index contributed by atoms with van der Waals surface area (Å²) in [5.74, 6) is -0.253. The lowest BCUT2D eigenvalue weighted by atomic mass is 10.2. The first kappa shape index (κ1) is 11.4. The molecule has 0 saturated carbocycles. The quantitative estimate of drug-likeness (QED) is 0.585. The summed E-state index contributed by atoms with van der Waals surface area (Å²) in [4.78, 5) is 0. The molecule has 2 N–H and O–H groups in total. The zero-order valence-electron chi connectivity index (χ0n) is 7.27. The van der Waals surface area contributed by atoms with Gasteiger partial charge in [-0.3, -0.25) is 0 Å². The second-order valence-corrected chi connectivity index (χ2v) is 2.55. The second kappa shape index (κ2) is 6.00. The van der Waals surface area contributed by atoms with Gasteiger partial charge in [0.25, 0.3) is 0 Å². The molecule has 0 radical (unpaired) electrons. The fourth-order valence-electron chi connectivity index (χ4n) is 0.672. The number of hydrogen-bond acceptors (Lipinski definition) is 1. The molecule has 0 bridgehead atoms. The summed E-state index contributed by atoms with van der Waals surface area (Å²) in [5.41, 5.74) is 6.42. The highest BCUT2D eigenvalue weighted by Crippen LogP contribution is 2.13. The van der Waals surface area contributed by atoms with Crippen molar-refractivity contribution in [2.45, 2.75) is 19.2 Å². The summed E-state index contributed by atoms with van der Waals surface area (Å²) in [7, 11) is 0. The highest BCUT2D eigenvalue weighted by atomic mass is 79.9. The molecule has 0 saturated heterocycles. The average molecular weight is 234 g/mol. The van der Waals surface area contributed by atoms with E-state index in [0.29, 0.717) is 16.6 Å². The van der Waals surface area contributed by atoms with Crippen LogP contribution in [-0.4, -0.2) is 0 Å². The number of alkyl halides is 1. The van der Waals surface area contributed by atoms with Crippen molar-refractivity contribution >= 4 is 21.6 Å². The van der Waals surface area contributed by atoms with Crippen molar-refractivity contribution in [1.82, 2.24) is 0 Å². The lowest BCUT2D eigenvalue weighted by molar-refractivity contribution is 0.618. The normalized spacial score (nSPS) is 8.67. The van der Waals surface area contributed by atoms with E-state index in [1.807, 2.05) is 13.8 Å². The Morgan fingerprint density at radius 1 is 1.42 bits per heavy atom. The molecule has 68 valence electrons. The van der Waals surface area contributed by atoms with Crippen LogP contribution in [-0.2, 0) is 5.33 Å². The van der Waals surface area contributed by atoms with Gasteiger partial charge in [0.05, 0.1) is 0 Å². The molecule has 3 heteroatoms. The van der Waals surface area contributed by atoms with Crippen molar-refractivity contribution in [1.29, 1.82) is 0 Å². The first-order chi connectivity index (χ1) is 5.74. The van der Waals surface area contributed by atoms with E-state index >= 15 is 0 Å². The minimum Gasteiger partial charge on any atom is -0.399 e. The molecule has 0 aliphatic carbocycles. The number of benzene rings is 1. The maximum atomic E-state index is 12.7. The molecule has 0 heterocycles. The summed E-state index contributed by atoms with van der Waals surface area (Å²) in [6, 6.07) is 4.66. The first-order valence-electron chi connectivity index (χ1n) is 3.84. The van der Waals surface area contributed by atoms with Gasteiger partial charge < -0.3 is 5.73 Å². The molecule has 1 nitrogen and oxygen atoms in total. The summed E-state index contributed by atoms with van der Waals surface area (Å²) in [5, 5.41) is 0.527. The lowest BCUT2D eigenvalue weighted by Crippen LogP contribution is -1.89. The number of nitrogens with two attached hydrogens (primary N) is 1. The molecular formula is C9H13BrFN.